The van der Waals surface area contributed by atoms with Gasteiger partial charge in [0.05, 0.1) is 12.6 Å². The molecule has 3 heterocycles. The molecule has 0 aromatic heterocycles. The molecule has 1 atom stereocenters. The number of likely N-dealkylation sites (tertiary alicyclic amines) is 2. The van der Waals surface area contributed by atoms with Crippen molar-refractivity contribution in [3.8, 4) is 0 Å². The summed E-state index contributed by atoms with van der Waals surface area (Å²) in [4.78, 5) is 31.3. The van der Waals surface area contributed by atoms with E-state index in [4.69, 9.17) is 9.84 Å². The van der Waals surface area contributed by atoms with Crippen LogP contribution >= 0.6 is 0 Å². The molecule has 8 heteroatoms. The Labute approximate surface area is 149 Å². The highest BCUT2D eigenvalue weighted by atomic mass is 16.5. The second-order valence-corrected chi connectivity index (χ2v) is 7.38. The third-order valence-electron chi connectivity index (χ3n) is 5.80. The lowest BCUT2D eigenvalue weighted by Gasteiger charge is -2.42. The van der Waals surface area contributed by atoms with Crippen molar-refractivity contribution in [2.45, 2.75) is 31.3 Å². The van der Waals surface area contributed by atoms with Gasteiger partial charge in [0.15, 0.2) is 0 Å². The summed E-state index contributed by atoms with van der Waals surface area (Å²) in [6.45, 7) is 6.66. The van der Waals surface area contributed by atoms with E-state index in [1.54, 1.807) is 0 Å². The standard InChI is InChI=1S/C17H30N4O4/c1-18-5-2-14(3-6-18)19-8-10-20(11-9-19)16(22)13-25-12-15-4-7-21(15)17(23)24/h14-15H,2-13H2,1H3,(H,23,24). The average molecular weight is 354 g/mol. The second-order valence-electron chi connectivity index (χ2n) is 7.38. The van der Waals surface area contributed by atoms with Crippen LogP contribution in [0.1, 0.15) is 19.3 Å². The lowest BCUT2D eigenvalue weighted by molar-refractivity contribution is -0.139. The number of rotatable bonds is 5. The first-order valence-corrected chi connectivity index (χ1v) is 9.32. The van der Waals surface area contributed by atoms with Crippen molar-refractivity contribution in [3.63, 3.8) is 0 Å². The van der Waals surface area contributed by atoms with E-state index in [0.29, 0.717) is 19.2 Å². The van der Waals surface area contributed by atoms with Gasteiger partial charge in [-0.1, -0.05) is 0 Å². The molecule has 3 aliphatic rings. The number of piperidine rings is 1. The highest BCUT2D eigenvalue weighted by Crippen LogP contribution is 2.18. The summed E-state index contributed by atoms with van der Waals surface area (Å²) in [5.74, 6) is 0.0178. The molecular weight excluding hydrogens is 324 g/mol. The fourth-order valence-electron chi connectivity index (χ4n) is 3.94. The van der Waals surface area contributed by atoms with Crippen LogP contribution in [0.3, 0.4) is 0 Å². The SMILES string of the molecule is CN1CCC(N2CCN(C(=O)COCC3CCN3C(=O)O)CC2)CC1. The van der Waals surface area contributed by atoms with E-state index in [2.05, 4.69) is 16.8 Å². The van der Waals surface area contributed by atoms with E-state index in [9.17, 15) is 9.59 Å². The molecule has 25 heavy (non-hydrogen) atoms. The molecule has 0 radical (unpaired) electrons. The summed E-state index contributed by atoms with van der Waals surface area (Å²) in [5, 5.41) is 8.95. The fourth-order valence-corrected chi connectivity index (χ4v) is 3.94. The highest BCUT2D eigenvalue weighted by molar-refractivity contribution is 5.77. The normalized spacial score (nSPS) is 26.5. The van der Waals surface area contributed by atoms with Gasteiger partial charge >= 0.3 is 6.09 Å². The Morgan fingerprint density at radius 1 is 1.00 bits per heavy atom. The van der Waals surface area contributed by atoms with E-state index in [1.807, 2.05) is 4.90 Å². The first kappa shape index (κ1) is 18.4. The molecule has 142 valence electrons. The van der Waals surface area contributed by atoms with Gasteiger partial charge in [-0.05, 0) is 39.4 Å². The zero-order valence-corrected chi connectivity index (χ0v) is 15.1. The largest absolute Gasteiger partial charge is 0.465 e. The van der Waals surface area contributed by atoms with Crippen molar-refractivity contribution in [3.05, 3.63) is 0 Å². The van der Waals surface area contributed by atoms with Gasteiger partial charge in [-0.2, -0.15) is 0 Å². The third-order valence-corrected chi connectivity index (χ3v) is 5.80. The molecule has 3 rings (SSSR count). The monoisotopic (exact) mass is 354 g/mol. The predicted molar refractivity (Wildman–Crippen MR) is 92.6 cm³/mol. The molecule has 3 saturated heterocycles. The molecule has 1 unspecified atom stereocenters. The van der Waals surface area contributed by atoms with Gasteiger partial charge in [-0.3, -0.25) is 9.69 Å². The Morgan fingerprint density at radius 3 is 2.24 bits per heavy atom. The predicted octanol–water partition coefficient (Wildman–Crippen LogP) is -0.00630. The molecule has 0 saturated carbocycles. The summed E-state index contributed by atoms with van der Waals surface area (Å²) in [5.41, 5.74) is 0. The van der Waals surface area contributed by atoms with E-state index in [-0.39, 0.29) is 18.6 Å². The first-order valence-electron chi connectivity index (χ1n) is 9.32. The van der Waals surface area contributed by atoms with Gasteiger partial charge in [0.1, 0.15) is 6.61 Å². The first-order chi connectivity index (χ1) is 12.0. The lowest BCUT2D eigenvalue weighted by atomic mass is 10.0. The Kier molecular flexibility index (Phi) is 6.14. The summed E-state index contributed by atoms with van der Waals surface area (Å²) in [6, 6.07) is 0.567. The molecule has 1 N–H and O–H groups in total. The Morgan fingerprint density at radius 2 is 1.68 bits per heavy atom. The van der Waals surface area contributed by atoms with Crippen molar-refractivity contribution >= 4 is 12.0 Å². The molecule has 8 nitrogen and oxygen atoms in total. The number of piperazine rings is 1. The van der Waals surface area contributed by atoms with Gasteiger partial charge in [0, 0.05) is 38.8 Å². The zero-order chi connectivity index (χ0) is 17.8. The minimum atomic E-state index is -0.906. The maximum Gasteiger partial charge on any atom is 0.407 e. The topological polar surface area (TPSA) is 76.6 Å². The number of carboxylic acid groups (broad SMARTS) is 1. The van der Waals surface area contributed by atoms with Gasteiger partial charge in [0.2, 0.25) is 5.91 Å². The molecule has 2 amide bonds. The third kappa shape index (κ3) is 4.62. The Balaban J connectivity index is 1.32. The van der Waals surface area contributed by atoms with Crippen LogP contribution in [0.4, 0.5) is 4.79 Å². The number of hydrogen-bond donors (Lipinski definition) is 1. The van der Waals surface area contributed by atoms with Crippen molar-refractivity contribution in [2.24, 2.45) is 0 Å². The van der Waals surface area contributed by atoms with Crippen molar-refractivity contribution in [1.82, 2.24) is 19.6 Å². The van der Waals surface area contributed by atoms with Crippen LogP contribution in [0.5, 0.6) is 0 Å². The number of hydrogen-bond acceptors (Lipinski definition) is 5. The minimum absolute atomic E-state index is 0.0178. The molecule has 0 spiro atoms. The number of nitrogens with zero attached hydrogens (tertiary/aromatic N) is 4. The highest BCUT2D eigenvalue weighted by Gasteiger charge is 2.32. The van der Waals surface area contributed by atoms with Crippen LogP contribution < -0.4 is 0 Å². The molecule has 0 aliphatic carbocycles. The smallest absolute Gasteiger partial charge is 0.407 e. The van der Waals surface area contributed by atoms with Gasteiger partial charge < -0.3 is 24.5 Å². The summed E-state index contributed by atoms with van der Waals surface area (Å²) in [6.07, 6.45) is 2.34. The number of amides is 2. The van der Waals surface area contributed by atoms with Crippen LogP contribution in [0.15, 0.2) is 0 Å². The van der Waals surface area contributed by atoms with E-state index in [1.165, 1.54) is 17.7 Å². The summed E-state index contributed by atoms with van der Waals surface area (Å²) < 4.78 is 5.47. The Bertz CT molecular complexity index is 473. The number of carbonyl (C=O) groups excluding carboxylic acids is 1. The van der Waals surface area contributed by atoms with Crippen LogP contribution in [-0.4, -0.2) is 115 Å². The number of ether oxygens (including phenoxy) is 1. The van der Waals surface area contributed by atoms with E-state index in [0.717, 1.165) is 45.7 Å². The second kappa shape index (κ2) is 8.33. The summed E-state index contributed by atoms with van der Waals surface area (Å²) in [7, 11) is 2.17. The average Bonchev–Trinajstić information content (AvgIpc) is 2.58. The lowest BCUT2D eigenvalue weighted by Crippen LogP contribution is -2.55. The van der Waals surface area contributed by atoms with Crippen LogP contribution in [0, 0.1) is 0 Å². The molecule has 3 aliphatic heterocycles. The molecule has 3 fully saturated rings. The summed E-state index contributed by atoms with van der Waals surface area (Å²) >= 11 is 0. The Hall–Kier alpha value is -1.38. The fraction of sp³-hybridized carbons (Fsp3) is 0.882. The van der Waals surface area contributed by atoms with Crippen molar-refractivity contribution in [1.29, 1.82) is 0 Å². The van der Waals surface area contributed by atoms with Gasteiger partial charge in [-0.25, -0.2) is 4.79 Å². The molecule has 0 aromatic carbocycles. The van der Waals surface area contributed by atoms with Gasteiger partial charge in [0.25, 0.3) is 0 Å². The molecule has 0 bridgehead atoms. The zero-order valence-electron chi connectivity index (χ0n) is 15.1. The van der Waals surface area contributed by atoms with Crippen LogP contribution in [-0.2, 0) is 9.53 Å². The van der Waals surface area contributed by atoms with Gasteiger partial charge in [-0.15, -0.1) is 0 Å². The van der Waals surface area contributed by atoms with Crippen molar-refractivity contribution < 1.29 is 19.4 Å². The number of carbonyl (C=O) groups is 2. The molecule has 0 aromatic rings. The maximum absolute atomic E-state index is 12.3. The quantitative estimate of drug-likeness (QED) is 0.749. The maximum atomic E-state index is 12.3. The van der Waals surface area contributed by atoms with Crippen LogP contribution in [0.2, 0.25) is 0 Å². The van der Waals surface area contributed by atoms with E-state index < -0.39 is 6.09 Å². The van der Waals surface area contributed by atoms with Crippen molar-refractivity contribution in [2.75, 3.05) is 66.1 Å². The minimum Gasteiger partial charge on any atom is -0.465 e. The molecular formula is C17H30N4O4. The van der Waals surface area contributed by atoms with Crippen LogP contribution in [0.25, 0.3) is 0 Å². The van der Waals surface area contributed by atoms with E-state index >= 15 is 0 Å².